The number of aromatic nitrogens is 2. The largest absolute Gasteiger partial charge is 0.385 e. The van der Waals surface area contributed by atoms with Crippen LogP contribution in [0.25, 0.3) is 0 Å². The van der Waals surface area contributed by atoms with Crippen LogP contribution in [0.5, 0.6) is 0 Å². The van der Waals surface area contributed by atoms with Gasteiger partial charge in [-0.2, -0.15) is 4.98 Å². The molecule has 20 heavy (non-hydrogen) atoms. The van der Waals surface area contributed by atoms with E-state index in [-0.39, 0.29) is 5.91 Å². The van der Waals surface area contributed by atoms with Gasteiger partial charge < -0.3 is 15.2 Å². The molecule has 2 aromatic rings. The van der Waals surface area contributed by atoms with Crippen molar-refractivity contribution in [3.63, 3.8) is 0 Å². The summed E-state index contributed by atoms with van der Waals surface area (Å²) < 4.78 is 4.87. The third kappa shape index (κ3) is 3.57. The van der Waals surface area contributed by atoms with Crippen molar-refractivity contribution in [1.82, 2.24) is 15.5 Å². The Hall–Kier alpha value is -2.37. The van der Waals surface area contributed by atoms with Gasteiger partial charge in [-0.15, -0.1) is 0 Å². The Morgan fingerprint density at radius 1 is 1.40 bits per heavy atom. The molecule has 2 rings (SSSR count). The van der Waals surface area contributed by atoms with Gasteiger partial charge in [0.15, 0.2) is 6.33 Å². The summed E-state index contributed by atoms with van der Waals surface area (Å²) in [7, 11) is 0. The molecule has 0 fully saturated rings. The van der Waals surface area contributed by atoms with Crippen LogP contribution >= 0.6 is 0 Å². The van der Waals surface area contributed by atoms with Gasteiger partial charge in [0.05, 0.1) is 0 Å². The highest BCUT2D eigenvalue weighted by molar-refractivity contribution is 5.96. The van der Waals surface area contributed by atoms with E-state index in [1.165, 1.54) is 6.33 Å². The van der Waals surface area contributed by atoms with Gasteiger partial charge in [0.2, 0.25) is 5.89 Å². The van der Waals surface area contributed by atoms with Crippen LogP contribution in [0.4, 0.5) is 5.69 Å². The number of nitrogens with one attached hydrogen (secondary N) is 2. The molecule has 0 atom stereocenters. The molecule has 0 spiro atoms. The van der Waals surface area contributed by atoms with E-state index in [0.29, 0.717) is 24.4 Å². The lowest BCUT2D eigenvalue weighted by molar-refractivity contribution is 0.0953. The van der Waals surface area contributed by atoms with Crippen LogP contribution in [0.1, 0.15) is 28.7 Å². The summed E-state index contributed by atoms with van der Waals surface area (Å²) in [6.45, 7) is 5.28. The molecule has 0 saturated carbocycles. The quantitative estimate of drug-likeness (QED) is 0.839. The predicted molar refractivity (Wildman–Crippen MR) is 75.7 cm³/mol. The van der Waals surface area contributed by atoms with Crippen molar-refractivity contribution in [3.05, 3.63) is 41.5 Å². The Morgan fingerprint density at radius 2 is 2.25 bits per heavy atom. The Bertz CT molecular complexity index is 567. The Labute approximate surface area is 117 Å². The molecule has 0 radical (unpaired) electrons. The average molecular weight is 274 g/mol. The van der Waals surface area contributed by atoms with E-state index in [9.17, 15) is 4.79 Å². The van der Waals surface area contributed by atoms with Gasteiger partial charge in [0.1, 0.15) is 0 Å². The number of anilines is 1. The van der Waals surface area contributed by atoms with E-state index in [4.69, 9.17) is 4.52 Å². The smallest absolute Gasteiger partial charge is 0.251 e. The van der Waals surface area contributed by atoms with E-state index >= 15 is 0 Å². The number of rotatable bonds is 6. The van der Waals surface area contributed by atoms with Crippen molar-refractivity contribution in [2.24, 2.45) is 0 Å². The fourth-order valence-corrected chi connectivity index (χ4v) is 1.92. The molecular weight excluding hydrogens is 256 g/mol. The molecule has 0 bridgehead atoms. The molecule has 106 valence electrons. The second-order valence-electron chi connectivity index (χ2n) is 4.40. The second kappa shape index (κ2) is 6.70. The van der Waals surface area contributed by atoms with Crippen LogP contribution in [-0.4, -0.2) is 29.1 Å². The van der Waals surface area contributed by atoms with Gasteiger partial charge in [-0.05, 0) is 37.6 Å². The molecule has 0 aliphatic rings. The Balaban J connectivity index is 1.91. The number of amides is 1. The first kappa shape index (κ1) is 14.0. The maximum Gasteiger partial charge on any atom is 0.251 e. The fourth-order valence-electron chi connectivity index (χ4n) is 1.92. The second-order valence-corrected chi connectivity index (χ2v) is 4.40. The van der Waals surface area contributed by atoms with Crippen molar-refractivity contribution < 1.29 is 9.32 Å². The highest BCUT2D eigenvalue weighted by atomic mass is 16.5. The molecule has 1 aromatic heterocycles. The highest BCUT2D eigenvalue weighted by Crippen LogP contribution is 2.15. The molecule has 0 unspecified atom stereocenters. The number of carbonyl (C=O) groups is 1. The van der Waals surface area contributed by atoms with Gasteiger partial charge in [-0.3, -0.25) is 4.79 Å². The van der Waals surface area contributed by atoms with Crippen molar-refractivity contribution in [2.75, 3.05) is 18.4 Å². The van der Waals surface area contributed by atoms with Gasteiger partial charge in [-0.1, -0.05) is 5.16 Å². The SMILES string of the molecule is CCNc1ccc(C(=O)NCCc2ncno2)c(C)c1. The first-order valence-electron chi connectivity index (χ1n) is 6.59. The molecule has 0 saturated heterocycles. The van der Waals surface area contributed by atoms with E-state index in [1.54, 1.807) is 0 Å². The Morgan fingerprint density at radius 3 is 2.90 bits per heavy atom. The third-order valence-corrected chi connectivity index (χ3v) is 2.88. The third-order valence-electron chi connectivity index (χ3n) is 2.88. The lowest BCUT2D eigenvalue weighted by Crippen LogP contribution is -2.26. The lowest BCUT2D eigenvalue weighted by atomic mass is 10.1. The van der Waals surface area contributed by atoms with Crippen LogP contribution in [0.15, 0.2) is 29.0 Å². The molecule has 6 heteroatoms. The number of hydrogen-bond acceptors (Lipinski definition) is 5. The number of nitrogens with zero attached hydrogens (tertiary/aromatic N) is 2. The van der Waals surface area contributed by atoms with Gasteiger partial charge >= 0.3 is 0 Å². The minimum atomic E-state index is -0.0925. The van der Waals surface area contributed by atoms with Gasteiger partial charge in [0, 0.05) is 30.8 Å². The number of benzene rings is 1. The fraction of sp³-hybridized carbons (Fsp3) is 0.357. The van der Waals surface area contributed by atoms with Crippen LogP contribution in [-0.2, 0) is 6.42 Å². The van der Waals surface area contributed by atoms with Gasteiger partial charge in [0.25, 0.3) is 5.91 Å². The van der Waals surface area contributed by atoms with Crippen LogP contribution < -0.4 is 10.6 Å². The van der Waals surface area contributed by atoms with Crippen LogP contribution in [0.2, 0.25) is 0 Å². The van der Waals surface area contributed by atoms with Crippen LogP contribution in [0.3, 0.4) is 0 Å². The highest BCUT2D eigenvalue weighted by Gasteiger charge is 2.09. The molecule has 1 heterocycles. The summed E-state index contributed by atoms with van der Waals surface area (Å²) in [5, 5.41) is 9.57. The zero-order valence-corrected chi connectivity index (χ0v) is 11.6. The maximum absolute atomic E-state index is 12.1. The molecule has 1 aromatic carbocycles. The number of aryl methyl sites for hydroxylation is 1. The van der Waals surface area contributed by atoms with Crippen molar-refractivity contribution >= 4 is 11.6 Å². The predicted octanol–water partition coefficient (Wildman–Crippen LogP) is 1.78. The average Bonchev–Trinajstić information content (AvgIpc) is 2.92. The maximum atomic E-state index is 12.1. The van der Waals surface area contributed by atoms with Crippen molar-refractivity contribution in [3.8, 4) is 0 Å². The number of hydrogen-bond donors (Lipinski definition) is 2. The zero-order chi connectivity index (χ0) is 14.4. The molecule has 6 nitrogen and oxygen atoms in total. The monoisotopic (exact) mass is 274 g/mol. The van der Waals surface area contributed by atoms with E-state index in [1.807, 2.05) is 32.0 Å². The minimum absolute atomic E-state index is 0.0925. The molecule has 1 amide bonds. The number of carbonyl (C=O) groups excluding carboxylic acids is 1. The summed E-state index contributed by atoms with van der Waals surface area (Å²) in [5.74, 6) is 0.426. The first-order valence-corrected chi connectivity index (χ1v) is 6.59. The minimum Gasteiger partial charge on any atom is -0.385 e. The molecule has 0 aliphatic carbocycles. The summed E-state index contributed by atoms with van der Waals surface area (Å²) >= 11 is 0. The van der Waals surface area contributed by atoms with Crippen LogP contribution in [0, 0.1) is 6.92 Å². The summed E-state index contributed by atoms with van der Waals surface area (Å²) in [6.07, 6.45) is 1.88. The van der Waals surface area contributed by atoms with E-state index in [2.05, 4.69) is 20.8 Å². The standard InChI is InChI=1S/C14H18N4O2/c1-3-15-11-4-5-12(10(2)8-11)14(19)16-7-6-13-17-9-18-20-13/h4-5,8-9,15H,3,6-7H2,1-2H3,(H,16,19). The van der Waals surface area contributed by atoms with E-state index in [0.717, 1.165) is 17.8 Å². The Kier molecular flexibility index (Phi) is 4.70. The summed E-state index contributed by atoms with van der Waals surface area (Å²) in [6, 6.07) is 5.70. The molecule has 2 N–H and O–H groups in total. The van der Waals surface area contributed by atoms with Crippen molar-refractivity contribution in [1.29, 1.82) is 0 Å². The summed E-state index contributed by atoms with van der Waals surface area (Å²) in [4.78, 5) is 16.0. The van der Waals surface area contributed by atoms with E-state index < -0.39 is 0 Å². The summed E-state index contributed by atoms with van der Waals surface area (Å²) in [5.41, 5.74) is 2.64. The van der Waals surface area contributed by atoms with Crippen molar-refractivity contribution in [2.45, 2.75) is 20.3 Å². The topological polar surface area (TPSA) is 80.0 Å². The lowest BCUT2D eigenvalue weighted by Gasteiger charge is -2.09. The molecule has 0 aliphatic heterocycles. The zero-order valence-electron chi connectivity index (χ0n) is 11.6. The molecular formula is C14H18N4O2. The normalized spacial score (nSPS) is 10.3. The van der Waals surface area contributed by atoms with Gasteiger partial charge in [-0.25, -0.2) is 0 Å². The first-order chi connectivity index (χ1) is 9.70.